The standard InChI is InChI=1S/C36H55O15P/c1-11-22-44-33(41)23(5)16-15-21-36(10,12-2)51-35-32(49-29(40)20-18-25(7)38)31(48-28(39)19-17-24(6)37)30(26(8)47-35)50-34(42)27(9)52(43,45-13-3)46-14-4/h11-12,16,26-27,30-32,35H,1-2,13-15,17-22H2,3-10H3/b23-16+/t26-,27?,30-,31+,32-,35+,36+/m1/s1. The quantitative estimate of drug-likeness (QED) is 0.0406. The zero-order valence-electron chi connectivity index (χ0n) is 31.5. The van der Waals surface area contributed by atoms with Crippen molar-refractivity contribution in [1.29, 1.82) is 0 Å². The van der Waals surface area contributed by atoms with Gasteiger partial charge in [0.25, 0.3) is 0 Å². The molecular formula is C36H55O15P. The molecule has 0 aromatic heterocycles. The van der Waals surface area contributed by atoms with Gasteiger partial charge in [0.05, 0.1) is 37.8 Å². The summed E-state index contributed by atoms with van der Waals surface area (Å²) >= 11 is 0. The zero-order valence-corrected chi connectivity index (χ0v) is 32.4. The van der Waals surface area contributed by atoms with Crippen LogP contribution in [0.15, 0.2) is 37.0 Å². The monoisotopic (exact) mass is 758 g/mol. The van der Waals surface area contributed by atoms with Gasteiger partial charge in [0, 0.05) is 18.4 Å². The summed E-state index contributed by atoms with van der Waals surface area (Å²) in [5, 5.41) is 0. The van der Waals surface area contributed by atoms with Gasteiger partial charge >= 0.3 is 31.5 Å². The summed E-state index contributed by atoms with van der Waals surface area (Å²) in [6, 6.07) is 0. The van der Waals surface area contributed by atoms with Gasteiger partial charge < -0.3 is 47.1 Å². The number of hydrogen-bond donors (Lipinski definition) is 0. The molecule has 0 saturated carbocycles. The summed E-state index contributed by atoms with van der Waals surface area (Å²) < 4.78 is 59.0. The van der Waals surface area contributed by atoms with Crippen LogP contribution < -0.4 is 0 Å². The van der Waals surface area contributed by atoms with Gasteiger partial charge in [-0.25, -0.2) is 4.79 Å². The molecule has 1 heterocycles. The summed E-state index contributed by atoms with van der Waals surface area (Å²) in [6.45, 7) is 19.2. The summed E-state index contributed by atoms with van der Waals surface area (Å²) in [6.07, 6.45) is -3.01. The van der Waals surface area contributed by atoms with Crippen molar-refractivity contribution in [3.8, 4) is 0 Å². The molecule has 7 atom stereocenters. The number of Topliss-reactive ketones (excluding diaryl/α,β-unsaturated/α-hetero) is 2. The number of hydrogen-bond acceptors (Lipinski definition) is 15. The van der Waals surface area contributed by atoms with E-state index in [1.165, 1.54) is 39.8 Å². The number of carbonyl (C=O) groups excluding carboxylic acids is 6. The Labute approximate surface area is 306 Å². The van der Waals surface area contributed by atoms with Crippen LogP contribution in [0.2, 0.25) is 0 Å². The van der Waals surface area contributed by atoms with E-state index in [1.54, 1.807) is 33.8 Å². The minimum absolute atomic E-state index is 0.0254. The van der Waals surface area contributed by atoms with Crippen LogP contribution in [0.1, 0.15) is 93.9 Å². The molecular weight excluding hydrogens is 703 g/mol. The highest BCUT2D eigenvalue weighted by atomic mass is 31.2. The lowest BCUT2D eigenvalue weighted by atomic mass is 9.96. The summed E-state index contributed by atoms with van der Waals surface area (Å²) in [4.78, 5) is 75.2. The average Bonchev–Trinajstić information content (AvgIpc) is 3.08. The number of ether oxygens (including phenoxy) is 6. The van der Waals surface area contributed by atoms with Crippen LogP contribution in [0.25, 0.3) is 0 Å². The minimum atomic E-state index is -4.01. The van der Waals surface area contributed by atoms with Crippen molar-refractivity contribution in [3.05, 3.63) is 37.0 Å². The highest BCUT2D eigenvalue weighted by molar-refractivity contribution is 7.55. The van der Waals surface area contributed by atoms with E-state index in [-0.39, 0.29) is 63.5 Å². The van der Waals surface area contributed by atoms with Gasteiger partial charge in [-0.3, -0.25) is 18.9 Å². The van der Waals surface area contributed by atoms with E-state index in [0.29, 0.717) is 12.0 Å². The molecule has 0 aliphatic carbocycles. The summed E-state index contributed by atoms with van der Waals surface area (Å²) in [5.74, 6) is -3.88. The second-order valence-corrected chi connectivity index (χ2v) is 14.8. The summed E-state index contributed by atoms with van der Waals surface area (Å²) in [5.41, 5.74) is -2.27. The Bertz CT molecular complexity index is 1350. The molecule has 1 unspecified atom stereocenters. The lowest BCUT2D eigenvalue weighted by Gasteiger charge is -2.46. The number of carbonyl (C=O) groups is 6. The van der Waals surface area contributed by atoms with Gasteiger partial charge in [-0.15, -0.1) is 6.58 Å². The third-order valence-corrected chi connectivity index (χ3v) is 10.3. The van der Waals surface area contributed by atoms with Crippen molar-refractivity contribution >= 4 is 43.0 Å². The lowest BCUT2D eigenvalue weighted by Crippen LogP contribution is -2.62. The van der Waals surface area contributed by atoms with Gasteiger partial charge in [-0.05, 0) is 68.2 Å². The molecule has 294 valence electrons. The molecule has 0 aromatic carbocycles. The molecule has 0 radical (unpaired) electrons. The maximum atomic E-state index is 13.5. The molecule has 0 aromatic rings. The number of ketones is 2. The van der Waals surface area contributed by atoms with E-state index < -0.39 is 73.4 Å². The van der Waals surface area contributed by atoms with E-state index in [1.807, 2.05) is 0 Å². The van der Waals surface area contributed by atoms with E-state index in [4.69, 9.17) is 37.5 Å². The Morgan fingerprint density at radius 1 is 0.846 bits per heavy atom. The molecule has 0 spiro atoms. The molecule has 15 nitrogen and oxygen atoms in total. The van der Waals surface area contributed by atoms with E-state index in [2.05, 4.69) is 13.2 Å². The first kappa shape index (κ1) is 46.5. The van der Waals surface area contributed by atoms with Crippen LogP contribution >= 0.6 is 7.60 Å². The maximum absolute atomic E-state index is 13.5. The zero-order chi connectivity index (χ0) is 39.6. The van der Waals surface area contributed by atoms with Crippen molar-refractivity contribution in [2.24, 2.45) is 0 Å². The van der Waals surface area contributed by atoms with Crippen LogP contribution in [-0.2, 0) is 70.8 Å². The van der Waals surface area contributed by atoms with Crippen LogP contribution in [0.3, 0.4) is 0 Å². The molecule has 0 N–H and O–H groups in total. The van der Waals surface area contributed by atoms with Crippen LogP contribution in [0, 0.1) is 0 Å². The Morgan fingerprint density at radius 3 is 1.87 bits per heavy atom. The van der Waals surface area contributed by atoms with Gasteiger partial charge in [0.15, 0.2) is 30.3 Å². The van der Waals surface area contributed by atoms with Gasteiger partial charge in [-0.1, -0.05) is 24.8 Å². The predicted molar refractivity (Wildman–Crippen MR) is 188 cm³/mol. The average molecular weight is 759 g/mol. The molecule has 1 saturated heterocycles. The molecule has 1 fully saturated rings. The second kappa shape index (κ2) is 22.5. The predicted octanol–water partition coefficient (Wildman–Crippen LogP) is 5.28. The molecule has 0 amide bonds. The molecule has 0 bridgehead atoms. The van der Waals surface area contributed by atoms with Crippen molar-refractivity contribution in [1.82, 2.24) is 0 Å². The molecule has 52 heavy (non-hydrogen) atoms. The largest absolute Gasteiger partial charge is 0.458 e. The third-order valence-electron chi connectivity index (χ3n) is 7.87. The Balaban J connectivity index is 3.61. The molecule has 16 heteroatoms. The van der Waals surface area contributed by atoms with Gasteiger partial charge in [-0.2, -0.15) is 0 Å². The fraction of sp³-hybridized carbons (Fsp3) is 0.667. The third kappa shape index (κ3) is 15.2. The normalized spacial score (nSPS) is 22.2. The van der Waals surface area contributed by atoms with Gasteiger partial charge in [0.1, 0.15) is 18.2 Å². The molecule has 1 aliphatic heterocycles. The van der Waals surface area contributed by atoms with Crippen LogP contribution in [0.4, 0.5) is 0 Å². The first-order valence-electron chi connectivity index (χ1n) is 17.3. The SMILES string of the molecule is C=CCOC(=O)/C(C)=C/CC[C@](C)(C=C)O[C@@H]1O[C@H](C)[C@@H](OC(=O)C(C)P(=O)(OCC)OCC)[C@H](OC(=O)CCC(C)=O)[C@H]1OC(=O)CCC(C)=O. The summed E-state index contributed by atoms with van der Waals surface area (Å²) in [7, 11) is -4.01. The number of esters is 4. The Kier molecular flexibility index (Phi) is 20.2. The highest BCUT2D eigenvalue weighted by Gasteiger charge is 2.54. The fourth-order valence-corrected chi connectivity index (χ4v) is 6.39. The van der Waals surface area contributed by atoms with E-state index in [9.17, 15) is 33.3 Å². The smallest absolute Gasteiger partial charge is 0.344 e. The topological polar surface area (TPSA) is 193 Å². The fourth-order valence-electron chi connectivity index (χ4n) is 4.83. The number of allylic oxidation sites excluding steroid dienone is 1. The maximum Gasteiger partial charge on any atom is 0.344 e. The highest BCUT2D eigenvalue weighted by Crippen LogP contribution is 2.53. The number of rotatable bonds is 24. The molecule has 1 rings (SSSR count). The second-order valence-electron chi connectivity index (χ2n) is 12.4. The van der Waals surface area contributed by atoms with Crippen molar-refractivity contribution in [3.63, 3.8) is 0 Å². The van der Waals surface area contributed by atoms with Gasteiger partial charge in [0.2, 0.25) is 0 Å². The Morgan fingerprint density at radius 2 is 1.38 bits per heavy atom. The van der Waals surface area contributed by atoms with Crippen molar-refractivity contribution in [2.75, 3.05) is 19.8 Å². The van der Waals surface area contributed by atoms with E-state index in [0.717, 1.165) is 0 Å². The van der Waals surface area contributed by atoms with Crippen LogP contribution in [0.5, 0.6) is 0 Å². The first-order chi connectivity index (χ1) is 24.4. The van der Waals surface area contributed by atoms with E-state index >= 15 is 0 Å². The lowest BCUT2D eigenvalue weighted by molar-refractivity contribution is -0.318. The first-order valence-corrected chi connectivity index (χ1v) is 18.9. The Hall–Kier alpha value is -3.49. The molecule has 1 aliphatic rings. The van der Waals surface area contributed by atoms with Crippen molar-refractivity contribution in [2.45, 2.75) is 136 Å². The van der Waals surface area contributed by atoms with Crippen molar-refractivity contribution < 1.29 is 70.8 Å². The minimum Gasteiger partial charge on any atom is -0.458 e. The van der Waals surface area contributed by atoms with Crippen LogP contribution in [-0.4, -0.2) is 97.2 Å².